The number of nitrogens with zero attached hydrogens (tertiary/aromatic N) is 1. The van der Waals surface area contributed by atoms with Crippen LogP contribution in [0.15, 0.2) is 79.2 Å². The molecule has 0 fully saturated rings. The third-order valence-electron chi connectivity index (χ3n) is 4.39. The quantitative estimate of drug-likeness (QED) is 0.429. The van der Waals surface area contributed by atoms with Gasteiger partial charge in [-0.2, -0.15) is 0 Å². The molecule has 0 amide bonds. The van der Waals surface area contributed by atoms with Crippen molar-refractivity contribution in [1.29, 1.82) is 0 Å². The largest absolute Gasteiger partial charge is 0.457 e. The SMILES string of the molecule is Cc1ccc(P(=Nc2ccc(S(N)(=O)=O)cc2)(Oc2cccc(Br)c2)C(C)(C)C)o1. The molecule has 6 nitrogen and oxygen atoms in total. The minimum absolute atomic E-state index is 0.0305. The molecule has 0 aliphatic rings. The molecule has 0 saturated carbocycles. The molecule has 1 unspecified atom stereocenters. The number of furan rings is 1. The van der Waals surface area contributed by atoms with Crippen molar-refractivity contribution < 1.29 is 17.4 Å². The first-order valence-electron chi connectivity index (χ1n) is 9.18. The maximum absolute atomic E-state index is 11.6. The normalized spacial score (nSPS) is 14.2. The van der Waals surface area contributed by atoms with E-state index in [0.717, 1.165) is 10.2 Å². The van der Waals surface area contributed by atoms with Crippen molar-refractivity contribution in [2.45, 2.75) is 37.7 Å². The van der Waals surface area contributed by atoms with Crippen LogP contribution in [0.25, 0.3) is 0 Å². The van der Waals surface area contributed by atoms with Gasteiger partial charge < -0.3 is 8.94 Å². The number of hydrogen-bond acceptors (Lipinski definition) is 5. The summed E-state index contributed by atoms with van der Waals surface area (Å²) in [5.41, 5.74) is 1.23. The van der Waals surface area contributed by atoms with Crippen LogP contribution in [0.4, 0.5) is 5.69 Å². The van der Waals surface area contributed by atoms with Gasteiger partial charge in [0.1, 0.15) is 11.5 Å². The van der Waals surface area contributed by atoms with Crippen LogP contribution in [0.3, 0.4) is 0 Å². The lowest BCUT2D eigenvalue weighted by molar-refractivity contribution is 0.527. The molecule has 0 aliphatic carbocycles. The van der Waals surface area contributed by atoms with Gasteiger partial charge in [0.05, 0.1) is 10.6 Å². The molecule has 0 spiro atoms. The van der Waals surface area contributed by atoms with E-state index >= 15 is 0 Å². The molecule has 0 radical (unpaired) electrons. The summed E-state index contributed by atoms with van der Waals surface area (Å²) in [5, 5.41) is 4.80. The Labute approximate surface area is 185 Å². The summed E-state index contributed by atoms with van der Waals surface area (Å²) >= 11 is 3.48. The summed E-state index contributed by atoms with van der Waals surface area (Å²) in [6.07, 6.45) is 0. The Bertz CT molecular complexity index is 1210. The number of nitrogens with two attached hydrogens (primary N) is 1. The number of primary sulfonamides is 1. The van der Waals surface area contributed by atoms with E-state index in [1.54, 1.807) is 12.1 Å². The smallest absolute Gasteiger partial charge is 0.238 e. The lowest BCUT2D eigenvalue weighted by Gasteiger charge is -2.35. The van der Waals surface area contributed by atoms with E-state index in [1.165, 1.54) is 12.1 Å². The standard InChI is InChI=1S/C21H24BrN2O4PS/c1-15-8-13-20(27-15)29(21(2,3)4,28-18-7-5-6-16(22)14-18)24-17-9-11-19(12-10-17)30(23,25)26/h5-14H,1-4H3,(H2,23,25,26). The first-order valence-corrected chi connectivity index (χ1v) is 13.2. The van der Waals surface area contributed by atoms with Crippen LogP contribution in [0.1, 0.15) is 26.5 Å². The molecular formula is C21H24BrN2O4PS. The Balaban J connectivity index is 2.25. The minimum atomic E-state index is -3.78. The van der Waals surface area contributed by atoms with E-state index in [-0.39, 0.29) is 4.90 Å². The molecule has 2 N–H and O–H groups in total. The van der Waals surface area contributed by atoms with Crippen molar-refractivity contribution in [2.75, 3.05) is 0 Å². The van der Waals surface area contributed by atoms with Gasteiger partial charge in [0.15, 0.2) is 5.50 Å². The van der Waals surface area contributed by atoms with Crippen molar-refractivity contribution in [3.05, 3.63) is 70.9 Å². The molecule has 3 rings (SSSR count). The van der Waals surface area contributed by atoms with Gasteiger partial charge in [-0.1, -0.05) is 42.8 Å². The van der Waals surface area contributed by atoms with E-state index in [0.29, 0.717) is 16.9 Å². The molecule has 9 heteroatoms. The van der Waals surface area contributed by atoms with Gasteiger partial charge in [-0.25, -0.2) is 18.3 Å². The molecule has 1 heterocycles. The summed E-state index contributed by atoms with van der Waals surface area (Å²) < 4.78 is 41.8. The second-order valence-electron chi connectivity index (χ2n) is 7.82. The predicted molar refractivity (Wildman–Crippen MR) is 124 cm³/mol. The lowest BCUT2D eigenvalue weighted by Crippen LogP contribution is -2.26. The van der Waals surface area contributed by atoms with Gasteiger partial charge in [0.25, 0.3) is 0 Å². The topological polar surface area (TPSA) is 94.9 Å². The summed E-state index contributed by atoms with van der Waals surface area (Å²) in [6, 6.07) is 17.5. The zero-order chi connectivity index (χ0) is 22.2. The Morgan fingerprint density at radius 2 is 1.73 bits per heavy atom. The first-order chi connectivity index (χ1) is 13.9. The van der Waals surface area contributed by atoms with E-state index < -0.39 is 22.5 Å². The maximum atomic E-state index is 11.6. The van der Waals surface area contributed by atoms with Crippen LogP contribution in [-0.4, -0.2) is 13.6 Å². The van der Waals surface area contributed by atoms with Crippen LogP contribution in [-0.2, 0) is 10.0 Å². The highest BCUT2D eigenvalue weighted by Crippen LogP contribution is 2.62. The summed E-state index contributed by atoms with van der Waals surface area (Å²) in [6.45, 7) is 8.04. The summed E-state index contributed by atoms with van der Waals surface area (Å²) in [4.78, 5) is 0.0305. The van der Waals surface area contributed by atoms with Gasteiger partial charge in [-0.15, -0.1) is 0 Å². The Kier molecular flexibility index (Phi) is 6.35. The van der Waals surface area contributed by atoms with Crippen LogP contribution in [0.5, 0.6) is 5.75 Å². The van der Waals surface area contributed by atoms with Crippen LogP contribution in [0.2, 0.25) is 0 Å². The zero-order valence-electron chi connectivity index (χ0n) is 17.2. The highest BCUT2D eigenvalue weighted by molar-refractivity contribution is 9.10. The molecule has 1 aromatic heterocycles. The third kappa shape index (κ3) is 4.89. The lowest BCUT2D eigenvalue weighted by atomic mass is 10.3. The van der Waals surface area contributed by atoms with Gasteiger partial charge >= 0.3 is 0 Å². The first kappa shape index (κ1) is 22.8. The minimum Gasteiger partial charge on any atom is -0.457 e. The average Bonchev–Trinajstić information content (AvgIpc) is 3.06. The number of halogens is 1. The van der Waals surface area contributed by atoms with E-state index in [9.17, 15) is 8.42 Å². The van der Waals surface area contributed by atoms with E-state index in [4.69, 9.17) is 18.8 Å². The number of rotatable bonds is 5. The zero-order valence-corrected chi connectivity index (χ0v) is 20.5. The summed E-state index contributed by atoms with van der Waals surface area (Å²) in [5.74, 6) is 1.42. The van der Waals surface area contributed by atoms with Gasteiger partial charge in [0, 0.05) is 9.63 Å². The molecule has 1 atom stereocenters. The van der Waals surface area contributed by atoms with Crippen molar-refractivity contribution in [3.8, 4) is 5.75 Å². The number of sulfonamides is 1. The Morgan fingerprint density at radius 3 is 2.23 bits per heavy atom. The third-order valence-corrected chi connectivity index (χ3v) is 9.46. The molecule has 0 bridgehead atoms. The van der Waals surface area contributed by atoms with Gasteiger partial charge in [0.2, 0.25) is 17.3 Å². The molecule has 160 valence electrons. The molecule has 3 aromatic rings. The Morgan fingerprint density at radius 1 is 1.07 bits per heavy atom. The van der Waals surface area contributed by atoms with Gasteiger partial charge in [-0.05, 0) is 61.5 Å². The van der Waals surface area contributed by atoms with Crippen molar-refractivity contribution >= 4 is 44.4 Å². The highest BCUT2D eigenvalue weighted by atomic mass is 79.9. The molecule has 0 saturated heterocycles. The van der Waals surface area contributed by atoms with Crippen LogP contribution < -0.4 is 15.2 Å². The fourth-order valence-electron chi connectivity index (χ4n) is 2.86. The fraction of sp³-hybridized carbons (Fsp3) is 0.238. The molecule has 30 heavy (non-hydrogen) atoms. The summed E-state index contributed by atoms with van der Waals surface area (Å²) in [7, 11) is -6.56. The van der Waals surface area contributed by atoms with Crippen molar-refractivity contribution in [1.82, 2.24) is 0 Å². The maximum Gasteiger partial charge on any atom is 0.238 e. The van der Waals surface area contributed by atoms with Crippen LogP contribution >= 0.6 is 23.2 Å². The van der Waals surface area contributed by atoms with Gasteiger partial charge in [-0.3, -0.25) is 0 Å². The highest BCUT2D eigenvalue weighted by Gasteiger charge is 2.41. The van der Waals surface area contributed by atoms with Crippen LogP contribution in [0, 0.1) is 6.92 Å². The van der Waals surface area contributed by atoms with Crippen molar-refractivity contribution in [3.63, 3.8) is 0 Å². The second kappa shape index (κ2) is 8.35. The van der Waals surface area contributed by atoms with E-state index in [2.05, 4.69) is 36.7 Å². The molecule has 2 aromatic carbocycles. The predicted octanol–water partition coefficient (Wildman–Crippen LogP) is 5.95. The number of aryl methyl sites for hydroxylation is 1. The average molecular weight is 511 g/mol. The second-order valence-corrected chi connectivity index (χ2v) is 13.6. The fourth-order valence-corrected chi connectivity index (χ4v) is 6.64. The Hall–Kier alpha value is -1.86. The number of hydrogen-bond donors (Lipinski definition) is 1. The van der Waals surface area contributed by atoms with E-state index in [1.807, 2.05) is 43.3 Å². The molecule has 0 aliphatic heterocycles. The number of benzene rings is 2. The van der Waals surface area contributed by atoms with Crippen molar-refractivity contribution in [2.24, 2.45) is 9.88 Å². The monoisotopic (exact) mass is 510 g/mol. The molecular weight excluding hydrogens is 487 g/mol.